The van der Waals surface area contributed by atoms with Gasteiger partial charge in [0.05, 0.1) is 29.5 Å². The lowest BCUT2D eigenvalue weighted by Gasteiger charge is -2.15. The van der Waals surface area contributed by atoms with Crippen LogP contribution in [0.5, 0.6) is 0 Å². The van der Waals surface area contributed by atoms with E-state index in [4.69, 9.17) is 11.5 Å². The molecule has 3 aromatic rings. The molecule has 0 aliphatic carbocycles. The van der Waals surface area contributed by atoms with Crippen LogP contribution in [0, 0.1) is 0 Å². The molecule has 1 aliphatic heterocycles. The molecular formula is C18H23N7. The Bertz CT molecular complexity index is 858. The van der Waals surface area contributed by atoms with E-state index in [0.717, 1.165) is 42.8 Å². The van der Waals surface area contributed by atoms with E-state index in [2.05, 4.69) is 38.1 Å². The van der Waals surface area contributed by atoms with Crippen molar-refractivity contribution in [3.8, 4) is 0 Å². The minimum atomic E-state index is 0.481. The van der Waals surface area contributed by atoms with Crippen LogP contribution >= 0.6 is 0 Å². The van der Waals surface area contributed by atoms with Gasteiger partial charge in [-0.05, 0) is 24.6 Å². The summed E-state index contributed by atoms with van der Waals surface area (Å²) in [4.78, 5) is 15.6. The predicted molar refractivity (Wildman–Crippen MR) is 98.1 cm³/mol. The Morgan fingerprint density at radius 2 is 2.16 bits per heavy atom. The molecule has 0 bridgehead atoms. The molecule has 0 amide bonds. The van der Waals surface area contributed by atoms with E-state index in [-0.39, 0.29) is 0 Å². The fourth-order valence-electron chi connectivity index (χ4n) is 3.73. The van der Waals surface area contributed by atoms with Gasteiger partial charge in [-0.1, -0.05) is 12.1 Å². The average Bonchev–Trinajstić information content (AvgIpc) is 3.21. The summed E-state index contributed by atoms with van der Waals surface area (Å²) in [5.74, 6) is 0.999. The molecule has 0 saturated carbocycles. The van der Waals surface area contributed by atoms with E-state index >= 15 is 0 Å². The first-order chi connectivity index (χ1) is 12.3. The van der Waals surface area contributed by atoms with Crippen molar-refractivity contribution in [1.29, 1.82) is 0 Å². The first-order valence-electron chi connectivity index (χ1n) is 8.68. The van der Waals surface area contributed by atoms with E-state index in [1.165, 1.54) is 5.56 Å². The number of benzene rings is 1. The molecular weight excluding hydrogens is 314 g/mol. The van der Waals surface area contributed by atoms with E-state index < -0.39 is 0 Å². The number of nitrogens with two attached hydrogens (primary N) is 2. The number of nitrogens with zero attached hydrogens (tertiary/aromatic N) is 5. The molecule has 1 aromatic carbocycles. The lowest BCUT2D eigenvalue weighted by molar-refractivity contribution is 0.344. The highest BCUT2D eigenvalue weighted by molar-refractivity contribution is 5.82. The van der Waals surface area contributed by atoms with Crippen LogP contribution in [0.3, 0.4) is 0 Å². The van der Waals surface area contributed by atoms with Crippen LogP contribution in [-0.2, 0) is 6.54 Å². The highest BCUT2D eigenvalue weighted by Crippen LogP contribution is 2.33. The average molecular weight is 337 g/mol. The Balaban J connectivity index is 1.68. The highest BCUT2D eigenvalue weighted by atomic mass is 15.2. The molecule has 2 aromatic heterocycles. The lowest BCUT2D eigenvalue weighted by atomic mass is 9.97. The summed E-state index contributed by atoms with van der Waals surface area (Å²) in [6, 6.07) is 6.35. The Morgan fingerprint density at radius 1 is 1.24 bits per heavy atom. The fraction of sp³-hybridized carbons (Fsp3) is 0.389. The van der Waals surface area contributed by atoms with E-state index in [9.17, 15) is 0 Å². The summed E-state index contributed by atoms with van der Waals surface area (Å²) in [7, 11) is 0. The van der Waals surface area contributed by atoms with Crippen molar-refractivity contribution in [3.63, 3.8) is 0 Å². The number of anilines is 1. The molecule has 7 nitrogen and oxygen atoms in total. The first-order valence-corrected chi connectivity index (χ1v) is 8.68. The van der Waals surface area contributed by atoms with E-state index in [0.29, 0.717) is 25.0 Å². The third-order valence-electron chi connectivity index (χ3n) is 4.93. The van der Waals surface area contributed by atoms with Gasteiger partial charge < -0.3 is 20.9 Å². The maximum Gasteiger partial charge on any atom is 0.201 e. The number of hydrogen-bond acceptors (Lipinski definition) is 6. The molecule has 0 spiro atoms. The summed E-state index contributed by atoms with van der Waals surface area (Å²) in [5.41, 5.74) is 16.1. The number of fused-ring (bicyclic) bond motifs is 1. The topological polar surface area (TPSA) is 98.9 Å². The second-order valence-corrected chi connectivity index (χ2v) is 6.54. The predicted octanol–water partition coefficient (Wildman–Crippen LogP) is 1.20. The Kier molecular flexibility index (Phi) is 4.33. The molecule has 1 atom stereocenters. The van der Waals surface area contributed by atoms with Crippen LogP contribution < -0.4 is 11.5 Å². The quantitative estimate of drug-likeness (QED) is 0.726. The van der Waals surface area contributed by atoms with Gasteiger partial charge in [-0.25, -0.2) is 4.98 Å². The minimum Gasteiger partial charge on any atom is -0.369 e. The van der Waals surface area contributed by atoms with Gasteiger partial charge >= 0.3 is 0 Å². The van der Waals surface area contributed by atoms with Crippen LogP contribution in [0.15, 0.2) is 36.8 Å². The number of aromatic nitrogens is 4. The second kappa shape index (κ2) is 6.78. The van der Waals surface area contributed by atoms with Gasteiger partial charge in [0.1, 0.15) is 0 Å². The molecule has 130 valence electrons. The highest BCUT2D eigenvalue weighted by Gasteiger charge is 2.26. The van der Waals surface area contributed by atoms with Crippen molar-refractivity contribution in [2.45, 2.75) is 18.9 Å². The van der Waals surface area contributed by atoms with Gasteiger partial charge in [0.15, 0.2) is 0 Å². The zero-order valence-electron chi connectivity index (χ0n) is 14.2. The molecule has 4 rings (SSSR count). The number of para-hydroxylation sites is 1. The second-order valence-electron chi connectivity index (χ2n) is 6.54. The van der Waals surface area contributed by atoms with Gasteiger partial charge in [0, 0.05) is 37.9 Å². The van der Waals surface area contributed by atoms with Crippen LogP contribution in [-0.4, -0.2) is 50.6 Å². The Hall–Kier alpha value is -2.51. The molecule has 25 heavy (non-hydrogen) atoms. The monoisotopic (exact) mass is 337 g/mol. The van der Waals surface area contributed by atoms with Gasteiger partial charge in [-0.2, -0.15) is 0 Å². The lowest BCUT2D eigenvalue weighted by Crippen LogP contribution is -2.27. The SMILES string of the molecule is NCCN1CCC(c2cccc3c2nc(N)n3Cc2cnccn2)C1. The minimum absolute atomic E-state index is 0.481. The third-order valence-corrected chi connectivity index (χ3v) is 4.93. The Morgan fingerprint density at radius 3 is 2.96 bits per heavy atom. The molecule has 0 radical (unpaired) electrons. The van der Waals surface area contributed by atoms with Crippen molar-refractivity contribution in [2.24, 2.45) is 5.73 Å². The first kappa shape index (κ1) is 16.0. The van der Waals surface area contributed by atoms with Gasteiger partial charge in [0.25, 0.3) is 0 Å². The molecule has 7 heteroatoms. The number of rotatable bonds is 5. The van der Waals surface area contributed by atoms with Gasteiger partial charge in [-0.3, -0.25) is 9.97 Å². The van der Waals surface area contributed by atoms with Crippen LogP contribution in [0.25, 0.3) is 11.0 Å². The Labute approximate surface area is 146 Å². The van der Waals surface area contributed by atoms with Crippen LogP contribution in [0.1, 0.15) is 23.6 Å². The van der Waals surface area contributed by atoms with E-state index in [1.807, 2.05) is 4.57 Å². The number of hydrogen-bond donors (Lipinski definition) is 2. The molecule has 1 unspecified atom stereocenters. The standard InChI is InChI=1S/C18H23N7/c19-5-9-24-8-4-13(11-24)15-2-1-3-16-17(15)23-18(20)25(16)12-14-10-21-6-7-22-14/h1-3,6-7,10,13H,4-5,8-9,11-12,19H2,(H2,20,23). The third kappa shape index (κ3) is 3.08. The summed E-state index contributed by atoms with van der Waals surface area (Å²) >= 11 is 0. The van der Waals surface area contributed by atoms with Crippen molar-refractivity contribution in [1.82, 2.24) is 24.4 Å². The fourth-order valence-corrected chi connectivity index (χ4v) is 3.73. The smallest absolute Gasteiger partial charge is 0.201 e. The summed E-state index contributed by atoms with van der Waals surface area (Å²) in [5, 5.41) is 0. The molecule has 3 heterocycles. The maximum absolute atomic E-state index is 6.22. The zero-order chi connectivity index (χ0) is 17.2. The maximum atomic E-state index is 6.22. The van der Waals surface area contributed by atoms with Crippen LogP contribution in [0.4, 0.5) is 5.95 Å². The summed E-state index contributed by atoms with van der Waals surface area (Å²) < 4.78 is 2.01. The van der Waals surface area contributed by atoms with Crippen molar-refractivity contribution in [3.05, 3.63) is 48.0 Å². The zero-order valence-corrected chi connectivity index (χ0v) is 14.2. The van der Waals surface area contributed by atoms with Crippen molar-refractivity contribution >= 4 is 17.0 Å². The van der Waals surface area contributed by atoms with Gasteiger partial charge in [-0.15, -0.1) is 0 Å². The van der Waals surface area contributed by atoms with Gasteiger partial charge in [0.2, 0.25) is 5.95 Å². The molecule has 1 fully saturated rings. The summed E-state index contributed by atoms with van der Waals surface area (Å²) in [6.07, 6.45) is 6.26. The van der Waals surface area contributed by atoms with Crippen LogP contribution in [0.2, 0.25) is 0 Å². The number of likely N-dealkylation sites (tertiary alicyclic amines) is 1. The normalized spacial score (nSPS) is 18.2. The molecule has 4 N–H and O–H groups in total. The largest absolute Gasteiger partial charge is 0.369 e. The summed E-state index contributed by atoms with van der Waals surface area (Å²) in [6.45, 7) is 4.36. The number of nitrogen functional groups attached to an aromatic ring is 1. The number of imidazole rings is 1. The molecule has 1 aliphatic rings. The van der Waals surface area contributed by atoms with Crippen molar-refractivity contribution < 1.29 is 0 Å². The molecule has 1 saturated heterocycles. The van der Waals surface area contributed by atoms with E-state index in [1.54, 1.807) is 18.6 Å². The van der Waals surface area contributed by atoms with Crippen molar-refractivity contribution in [2.75, 3.05) is 31.9 Å².